The first-order valence-corrected chi connectivity index (χ1v) is 6.10. The first-order valence-electron chi connectivity index (χ1n) is 4.55. The minimum absolute atomic E-state index is 0.342. The quantitative estimate of drug-likeness (QED) is 0.851. The van der Waals surface area contributed by atoms with Crippen LogP contribution >= 0.6 is 0 Å². The van der Waals surface area contributed by atoms with Crippen LogP contribution in [0.2, 0.25) is 0 Å². The van der Waals surface area contributed by atoms with E-state index in [1.807, 2.05) is 0 Å². The Bertz CT molecular complexity index is 671. The SMILES string of the molecule is O=C(O)C1=CS(=O)(=O)c2cccc(C(F)(F)F)c21. The molecular weight excluding hydrogens is 273 g/mol. The summed E-state index contributed by atoms with van der Waals surface area (Å²) in [6.45, 7) is 0. The number of carbonyl (C=O) groups is 1. The fraction of sp³-hybridized carbons (Fsp3) is 0.100. The van der Waals surface area contributed by atoms with Gasteiger partial charge in [-0.2, -0.15) is 13.2 Å². The van der Waals surface area contributed by atoms with Gasteiger partial charge in [-0.25, -0.2) is 13.2 Å². The van der Waals surface area contributed by atoms with Crippen molar-refractivity contribution in [2.45, 2.75) is 11.1 Å². The van der Waals surface area contributed by atoms with Crippen LogP contribution in [0.3, 0.4) is 0 Å². The molecule has 4 nitrogen and oxygen atoms in total. The fourth-order valence-corrected chi connectivity index (χ4v) is 3.15. The molecule has 0 unspecified atom stereocenters. The lowest BCUT2D eigenvalue weighted by Gasteiger charge is -2.12. The van der Waals surface area contributed by atoms with E-state index in [-0.39, 0.29) is 0 Å². The Hall–Kier alpha value is -1.83. The lowest BCUT2D eigenvalue weighted by molar-refractivity contribution is -0.138. The Kier molecular flexibility index (Phi) is 2.51. The van der Waals surface area contributed by atoms with Crippen molar-refractivity contribution in [1.29, 1.82) is 0 Å². The van der Waals surface area contributed by atoms with E-state index < -0.39 is 43.6 Å². The van der Waals surface area contributed by atoms with E-state index in [2.05, 4.69) is 0 Å². The Labute approximate surface area is 99.3 Å². The number of rotatable bonds is 1. The highest BCUT2D eigenvalue weighted by atomic mass is 32.2. The van der Waals surface area contributed by atoms with Crippen LogP contribution in [-0.4, -0.2) is 19.5 Å². The molecule has 0 fully saturated rings. The molecule has 0 spiro atoms. The Morgan fingerprint density at radius 3 is 2.33 bits per heavy atom. The summed E-state index contributed by atoms with van der Waals surface area (Å²) in [5.74, 6) is -1.71. The van der Waals surface area contributed by atoms with Crippen LogP contribution in [0.15, 0.2) is 28.5 Å². The van der Waals surface area contributed by atoms with Crippen molar-refractivity contribution in [1.82, 2.24) is 0 Å². The molecule has 0 saturated heterocycles. The van der Waals surface area contributed by atoms with Gasteiger partial charge < -0.3 is 5.11 Å². The zero-order valence-corrected chi connectivity index (χ0v) is 9.34. The number of aliphatic carboxylic acids is 1. The number of alkyl halides is 3. The number of fused-ring (bicyclic) bond motifs is 1. The molecule has 0 aromatic heterocycles. The van der Waals surface area contributed by atoms with Gasteiger partial charge in [0.1, 0.15) is 0 Å². The highest BCUT2D eigenvalue weighted by Crippen LogP contribution is 2.42. The summed E-state index contributed by atoms with van der Waals surface area (Å²) in [6.07, 6.45) is -4.82. The first-order chi connectivity index (χ1) is 8.14. The molecule has 0 atom stereocenters. The molecule has 1 N–H and O–H groups in total. The highest BCUT2D eigenvalue weighted by Gasteiger charge is 2.41. The summed E-state index contributed by atoms with van der Waals surface area (Å²) in [7, 11) is -4.13. The van der Waals surface area contributed by atoms with Crippen LogP contribution in [0, 0.1) is 0 Å². The molecule has 1 aromatic rings. The van der Waals surface area contributed by atoms with Crippen molar-refractivity contribution in [2.24, 2.45) is 0 Å². The van der Waals surface area contributed by atoms with Crippen LogP contribution in [0.25, 0.3) is 5.57 Å². The molecule has 0 aliphatic carbocycles. The van der Waals surface area contributed by atoms with Gasteiger partial charge in [-0.1, -0.05) is 6.07 Å². The van der Waals surface area contributed by atoms with Gasteiger partial charge in [0.05, 0.1) is 21.4 Å². The molecule has 1 aliphatic rings. The van der Waals surface area contributed by atoms with Gasteiger partial charge in [0.15, 0.2) is 0 Å². The molecule has 0 saturated carbocycles. The molecule has 0 bridgehead atoms. The third-order valence-corrected chi connectivity index (χ3v) is 3.91. The maximum absolute atomic E-state index is 12.7. The second-order valence-electron chi connectivity index (χ2n) is 3.56. The summed E-state index contributed by atoms with van der Waals surface area (Å²) in [5, 5.41) is 9.12. The highest BCUT2D eigenvalue weighted by molar-refractivity contribution is 7.95. The number of carboxylic acids is 1. The second-order valence-corrected chi connectivity index (χ2v) is 5.32. The van der Waals surface area contributed by atoms with Crippen molar-refractivity contribution in [2.75, 3.05) is 0 Å². The summed E-state index contributed by atoms with van der Waals surface area (Å²) < 4.78 is 61.2. The minimum atomic E-state index is -4.82. The predicted octanol–water partition coefficient (Wildman–Crippen LogP) is 1.92. The topological polar surface area (TPSA) is 71.4 Å². The van der Waals surface area contributed by atoms with Gasteiger partial charge in [0.2, 0.25) is 9.84 Å². The molecule has 1 aliphatic heterocycles. The molecule has 1 aromatic carbocycles. The number of hydrogen-bond donors (Lipinski definition) is 1. The van der Waals surface area contributed by atoms with E-state index in [0.29, 0.717) is 11.5 Å². The van der Waals surface area contributed by atoms with Gasteiger partial charge in [-0.3, -0.25) is 0 Å². The van der Waals surface area contributed by atoms with Crippen LogP contribution < -0.4 is 0 Å². The summed E-state index contributed by atoms with van der Waals surface area (Å²) in [5.41, 5.74) is -2.93. The molecule has 0 amide bonds. The average molecular weight is 278 g/mol. The molecule has 1 heterocycles. The van der Waals surface area contributed by atoms with Crippen LogP contribution in [0.4, 0.5) is 13.2 Å². The minimum Gasteiger partial charge on any atom is -0.478 e. The number of benzene rings is 1. The third kappa shape index (κ3) is 1.78. The van der Waals surface area contributed by atoms with Crippen LogP contribution in [0.1, 0.15) is 11.1 Å². The zero-order chi connectivity index (χ0) is 13.7. The maximum Gasteiger partial charge on any atom is 0.417 e. The average Bonchev–Trinajstić information content (AvgIpc) is 2.50. The van der Waals surface area contributed by atoms with Gasteiger partial charge in [-0.05, 0) is 12.1 Å². The van der Waals surface area contributed by atoms with E-state index in [4.69, 9.17) is 5.11 Å². The standard InChI is InChI=1S/C10H5F3O4S/c11-10(12,13)6-2-1-3-7-8(6)5(9(14)15)4-18(7,16)17/h1-4H,(H,14,15). The number of sulfone groups is 1. The number of hydrogen-bond acceptors (Lipinski definition) is 3. The summed E-state index contributed by atoms with van der Waals surface area (Å²) in [6, 6.07) is 2.53. The molecule has 96 valence electrons. The van der Waals surface area contributed by atoms with E-state index >= 15 is 0 Å². The molecule has 18 heavy (non-hydrogen) atoms. The van der Waals surface area contributed by atoms with Crippen molar-refractivity contribution in [3.8, 4) is 0 Å². The smallest absolute Gasteiger partial charge is 0.417 e. The van der Waals surface area contributed by atoms with Gasteiger partial charge in [0.25, 0.3) is 0 Å². The second kappa shape index (κ2) is 3.58. The van der Waals surface area contributed by atoms with E-state index in [1.165, 1.54) is 0 Å². The van der Waals surface area contributed by atoms with E-state index in [1.54, 1.807) is 0 Å². The largest absolute Gasteiger partial charge is 0.478 e. The Balaban J connectivity index is 2.87. The first kappa shape index (κ1) is 12.6. The third-order valence-electron chi connectivity index (χ3n) is 2.41. The lowest BCUT2D eigenvalue weighted by atomic mass is 10.0. The Morgan fingerprint density at radius 1 is 1.22 bits per heavy atom. The monoisotopic (exact) mass is 278 g/mol. The van der Waals surface area contributed by atoms with E-state index in [9.17, 15) is 26.4 Å². The van der Waals surface area contributed by atoms with Crippen LogP contribution in [0.5, 0.6) is 0 Å². The van der Waals surface area contributed by atoms with Gasteiger partial charge >= 0.3 is 12.1 Å². The van der Waals surface area contributed by atoms with Gasteiger partial charge in [-0.15, -0.1) is 0 Å². The van der Waals surface area contributed by atoms with E-state index in [0.717, 1.165) is 12.1 Å². The number of carboxylic acid groups (broad SMARTS) is 1. The molecule has 8 heteroatoms. The zero-order valence-electron chi connectivity index (χ0n) is 8.52. The van der Waals surface area contributed by atoms with Crippen molar-refractivity contribution in [3.05, 3.63) is 34.7 Å². The summed E-state index contributed by atoms with van der Waals surface area (Å²) in [4.78, 5) is 10.2. The Morgan fingerprint density at radius 2 is 1.83 bits per heavy atom. The normalized spacial score (nSPS) is 17.2. The molecular formula is C10H5F3O4S. The number of halogens is 3. The summed E-state index contributed by atoms with van der Waals surface area (Å²) >= 11 is 0. The van der Waals surface area contributed by atoms with Crippen LogP contribution in [-0.2, 0) is 20.8 Å². The lowest BCUT2D eigenvalue weighted by Crippen LogP contribution is -2.11. The van der Waals surface area contributed by atoms with Crippen molar-refractivity contribution < 1.29 is 31.5 Å². The fourth-order valence-electron chi connectivity index (χ4n) is 1.72. The maximum atomic E-state index is 12.7. The molecule has 2 rings (SSSR count). The van der Waals surface area contributed by atoms with Crippen molar-refractivity contribution >= 4 is 21.4 Å². The molecule has 0 radical (unpaired) electrons. The van der Waals surface area contributed by atoms with Crippen molar-refractivity contribution in [3.63, 3.8) is 0 Å². The predicted molar refractivity (Wildman–Crippen MR) is 54.2 cm³/mol. The van der Waals surface area contributed by atoms with Gasteiger partial charge in [0, 0.05) is 5.56 Å².